The lowest BCUT2D eigenvalue weighted by molar-refractivity contribution is 0.0986. The zero-order valence-corrected chi connectivity index (χ0v) is 19.7. The predicted molar refractivity (Wildman–Crippen MR) is 136 cm³/mol. The summed E-state index contributed by atoms with van der Waals surface area (Å²) < 4.78 is 0. The van der Waals surface area contributed by atoms with Crippen LogP contribution in [0.3, 0.4) is 0 Å². The van der Waals surface area contributed by atoms with Gasteiger partial charge in [0, 0.05) is 22.7 Å². The van der Waals surface area contributed by atoms with Crippen molar-refractivity contribution in [2.45, 2.75) is 6.42 Å². The predicted octanol–water partition coefficient (Wildman–Crippen LogP) is 7.18. The molecule has 0 fully saturated rings. The van der Waals surface area contributed by atoms with Crippen LogP contribution >= 0.6 is 34.5 Å². The van der Waals surface area contributed by atoms with Gasteiger partial charge in [-0.15, -0.1) is 11.3 Å². The molecule has 7 heteroatoms. The van der Waals surface area contributed by atoms with Crippen LogP contribution in [0.1, 0.15) is 26.3 Å². The number of carbonyl (C=O) groups excluding carboxylic acids is 2. The minimum absolute atomic E-state index is 0.174. The highest BCUT2D eigenvalue weighted by atomic mass is 35.5. The van der Waals surface area contributed by atoms with E-state index in [1.165, 1.54) is 10.4 Å². The van der Waals surface area contributed by atoms with Crippen LogP contribution in [-0.4, -0.2) is 18.4 Å². The molecule has 2 amide bonds. The topological polar surface area (TPSA) is 49.4 Å². The zero-order valence-electron chi connectivity index (χ0n) is 17.3. The molecule has 5 rings (SSSR count). The normalized spacial score (nSPS) is 12.5. The van der Waals surface area contributed by atoms with Gasteiger partial charge in [-0.05, 0) is 59.8 Å². The third-order valence-corrected chi connectivity index (χ3v) is 7.24. The molecule has 0 saturated heterocycles. The molecule has 0 radical (unpaired) electrons. The molecule has 2 heterocycles. The van der Waals surface area contributed by atoms with Crippen molar-refractivity contribution < 1.29 is 9.59 Å². The third-order valence-electron chi connectivity index (χ3n) is 5.61. The van der Waals surface area contributed by atoms with E-state index in [-0.39, 0.29) is 16.8 Å². The quantitative estimate of drug-likeness (QED) is 0.329. The molecule has 1 aromatic heterocycles. The lowest BCUT2D eigenvalue weighted by Gasteiger charge is -2.23. The van der Waals surface area contributed by atoms with Gasteiger partial charge in [-0.2, -0.15) is 0 Å². The number of rotatable bonds is 3. The van der Waals surface area contributed by atoms with Gasteiger partial charge in [-0.3, -0.25) is 9.59 Å². The second-order valence-corrected chi connectivity index (χ2v) is 9.36. The lowest BCUT2D eigenvalue weighted by Crippen LogP contribution is -2.32. The Morgan fingerprint density at radius 1 is 0.879 bits per heavy atom. The van der Waals surface area contributed by atoms with Crippen LogP contribution in [-0.2, 0) is 6.42 Å². The number of anilines is 2. The highest BCUT2D eigenvalue weighted by Crippen LogP contribution is 2.40. The number of benzene rings is 3. The fraction of sp³-hybridized carbons (Fsp3) is 0.0769. The van der Waals surface area contributed by atoms with Gasteiger partial charge in [-0.25, -0.2) is 0 Å². The van der Waals surface area contributed by atoms with Crippen molar-refractivity contribution in [3.8, 4) is 10.4 Å². The fourth-order valence-electron chi connectivity index (χ4n) is 3.99. The smallest absolute Gasteiger partial charge is 0.259 e. The van der Waals surface area contributed by atoms with E-state index < -0.39 is 0 Å². The van der Waals surface area contributed by atoms with E-state index in [0.29, 0.717) is 28.4 Å². The van der Waals surface area contributed by atoms with Crippen LogP contribution in [0, 0.1) is 0 Å². The minimum atomic E-state index is -0.344. The number of hydrogen-bond donors (Lipinski definition) is 1. The molecule has 0 aliphatic carbocycles. The van der Waals surface area contributed by atoms with Crippen LogP contribution < -0.4 is 10.2 Å². The Hall–Kier alpha value is -3.12. The number of nitrogens with one attached hydrogen (secondary N) is 1. The number of amides is 2. The number of hydrogen-bond acceptors (Lipinski definition) is 3. The van der Waals surface area contributed by atoms with Crippen molar-refractivity contribution in [1.82, 2.24) is 0 Å². The summed E-state index contributed by atoms with van der Waals surface area (Å²) in [5.41, 5.74) is 4.40. The minimum Gasteiger partial charge on any atom is -0.322 e. The maximum absolute atomic E-state index is 13.5. The highest BCUT2D eigenvalue weighted by molar-refractivity contribution is 7.13. The van der Waals surface area contributed by atoms with Gasteiger partial charge in [-0.1, -0.05) is 53.5 Å². The second-order valence-electron chi connectivity index (χ2n) is 7.63. The van der Waals surface area contributed by atoms with Crippen molar-refractivity contribution in [2.24, 2.45) is 0 Å². The average molecular weight is 493 g/mol. The number of fused-ring (bicyclic) bond motifs is 3. The van der Waals surface area contributed by atoms with E-state index in [1.54, 1.807) is 58.7 Å². The molecule has 0 atom stereocenters. The SMILES string of the molecule is O=C(Nc1ccc(C(=O)N2CCc3ccsc3-c3ccccc32)c(Cl)c1)c1ccccc1Cl. The number of halogens is 2. The van der Waals surface area contributed by atoms with Crippen molar-refractivity contribution in [2.75, 3.05) is 16.8 Å². The van der Waals surface area contributed by atoms with Gasteiger partial charge >= 0.3 is 0 Å². The Balaban J connectivity index is 1.42. The van der Waals surface area contributed by atoms with E-state index in [4.69, 9.17) is 23.2 Å². The van der Waals surface area contributed by atoms with E-state index in [1.807, 2.05) is 24.3 Å². The van der Waals surface area contributed by atoms with Gasteiger partial charge in [0.1, 0.15) is 0 Å². The Bertz CT molecular complexity index is 1380. The van der Waals surface area contributed by atoms with Crippen molar-refractivity contribution in [3.63, 3.8) is 0 Å². The standard InChI is InChI=1S/C26H18Cl2N2O2S/c27-21-7-3-1-5-18(21)25(31)29-17-9-10-19(22(28)15-17)26(32)30-13-11-16-12-14-33-24(16)20-6-2-4-8-23(20)30/h1-10,12,14-15H,11,13H2,(H,29,31). The van der Waals surface area contributed by atoms with Gasteiger partial charge < -0.3 is 10.2 Å². The summed E-state index contributed by atoms with van der Waals surface area (Å²) in [6.45, 7) is 0.556. The van der Waals surface area contributed by atoms with Crippen LogP contribution in [0.15, 0.2) is 78.2 Å². The first-order chi connectivity index (χ1) is 16.0. The Morgan fingerprint density at radius 3 is 2.48 bits per heavy atom. The lowest BCUT2D eigenvalue weighted by atomic mass is 10.1. The monoisotopic (exact) mass is 492 g/mol. The molecular weight excluding hydrogens is 475 g/mol. The van der Waals surface area contributed by atoms with Gasteiger partial charge in [0.25, 0.3) is 11.8 Å². The Kier molecular flexibility index (Phi) is 5.94. The van der Waals surface area contributed by atoms with Crippen LogP contribution in [0.2, 0.25) is 10.0 Å². The van der Waals surface area contributed by atoms with Gasteiger partial charge in [0.05, 0.1) is 26.9 Å². The molecule has 0 unspecified atom stereocenters. The van der Waals surface area contributed by atoms with Crippen molar-refractivity contribution in [1.29, 1.82) is 0 Å². The maximum atomic E-state index is 13.5. The molecule has 4 nitrogen and oxygen atoms in total. The number of para-hydroxylation sites is 1. The largest absolute Gasteiger partial charge is 0.322 e. The average Bonchev–Trinajstić information content (AvgIpc) is 3.22. The molecule has 1 N–H and O–H groups in total. The number of carbonyl (C=O) groups is 2. The van der Waals surface area contributed by atoms with Crippen molar-refractivity contribution in [3.05, 3.63) is 105 Å². The summed E-state index contributed by atoms with van der Waals surface area (Å²) in [6, 6.07) is 21.8. The van der Waals surface area contributed by atoms with E-state index in [0.717, 1.165) is 17.7 Å². The zero-order chi connectivity index (χ0) is 22.9. The first-order valence-electron chi connectivity index (χ1n) is 10.4. The van der Waals surface area contributed by atoms with Gasteiger partial charge in [0.15, 0.2) is 0 Å². The van der Waals surface area contributed by atoms with Crippen molar-refractivity contribution >= 4 is 57.7 Å². The molecule has 0 bridgehead atoms. The second kappa shape index (κ2) is 9.02. The molecule has 0 saturated carbocycles. The molecule has 33 heavy (non-hydrogen) atoms. The van der Waals surface area contributed by atoms with E-state index in [2.05, 4.69) is 16.8 Å². The summed E-state index contributed by atoms with van der Waals surface area (Å²) >= 11 is 14.3. The molecule has 1 aliphatic rings. The summed E-state index contributed by atoms with van der Waals surface area (Å²) in [7, 11) is 0. The van der Waals surface area contributed by atoms with Crippen LogP contribution in [0.4, 0.5) is 11.4 Å². The number of nitrogens with zero attached hydrogens (tertiary/aromatic N) is 1. The Morgan fingerprint density at radius 2 is 1.67 bits per heavy atom. The van der Waals surface area contributed by atoms with E-state index in [9.17, 15) is 9.59 Å². The number of thiophene rings is 1. The third kappa shape index (κ3) is 4.15. The first kappa shape index (κ1) is 21.7. The summed E-state index contributed by atoms with van der Waals surface area (Å²) in [5, 5.41) is 5.51. The summed E-state index contributed by atoms with van der Waals surface area (Å²) in [4.78, 5) is 29.1. The highest BCUT2D eigenvalue weighted by Gasteiger charge is 2.27. The maximum Gasteiger partial charge on any atom is 0.259 e. The molecule has 3 aromatic carbocycles. The molecule has 0 spiro atoms. The molecule has 164 valence electrons. The molecule has 1 aliphatic heterocycles. The first-order valence-corrected chi connectivity index (χ1v) is 12.0. The van der Waals surface area contributed by atoms with E-state index >= 15 is 0 Å². The summed E-state index contributed by atoms with van der Waals surface area (Å²) in [6.07, 6.45) is 0.767. The molecule has 4 aromatic rings. The Labute approximate surface area is 205 Å². The molecular formula is C26H18Cl2N2O2S. The van der Waals surface area contributed by atoms with Gasteiger partial charge in [0.2, 0.25) is 0 Å². The fourth-order valence-corrected chi connectivity index (χ4v) is 5.46. The summed E-state index contributed by atoms with van der Waals surface area (Å²) in [5.74, 6) is -0.519. The van der Waals surface area contributed by atoms with Crippen LogP contribution in [0.5, 0.6) is 0 Å². The van der Waals surface area contributed by atoms with Crippen LogP contribution in [0.25, 0.3) is 10.4 Å².